The van der Waals surface area contributed by atoms with E-state index >= 15 is 0 Å². The van der Waals surface area contributed by atoms with Crippen molar-refractivity contribution in [2.45, 2.75) is 57.7 Å². The zero-order valence-electron chi connectivity index (χ0n) is 12.2. The minimum atomic E-state index is -0.698. The van der Waals surface area contributed by atoms with Crippen molar-refractivity contribution in [3.05, 3.63) is 23.3 Å². The van der Waals surface area contributed by atoms with Crippen LogP contribution in [-0.2, 0) is 11.2 Å². The molecule has 5 nitrogen and oxygen atoms in total. The molecule has 0 radical (unpaired) electrons. The Morgan fingerprint density at radius 3 is 2.62 bits per heavy atom. The van der Waals surface area contributed by atoms with Gasteiger partial charge in [0, 0.05) is 6.07 Å². The number of cyclic esters (lactones) is 1. The highest BCUT2D eigenvalue weighted by atomic mass is 16.6. The van der Waals surface area contributed by atoms with Gasteiger partial charge in [0.05, 0.1) is 6.10 Å². The van der Waals surface area contributed by atoms with E-state index in [-0.39, 0.29) is 17.1 Å². The second-order valence-corrected chi connectivity index (χ2v) is 5.63. The first-order valence-corrected chi connectivity index (χ1v) is 7.43. The van der Waals surface area contributed by atoms with Gasteiger partial charge in [-0.25, -0.2) is 4.79 Å². The summed E-state index contributed by atoms with van der Waals surface area (Å²) in [6, 6.07) is 2.62. The van der Waals surface area contributed by atoms with E-state index in [0.29, 0.717) is 18.4 Å². The van der Waals surface area contributed by atoms with Crippen molar-refractivity contribution >= 4 is 5.97 Å². The summed E-state index contributed by atoms with van der Waals surface area (Å²) in [5.41, 5.74) is 0.673. The standard InChI is InChI=1S/C16H22O5/c1-10-13(18)7-5-3-2-4-6-11-8-12(17)9-14(19)15(11)16(20)21-10/h8-10,13,17-19H,2-7H2,1H3/t10-,13+/m1/s1. The van der Waals surface area contributed by atoms with Crippen LogP contribution in [0.2, 0.25) is 0 Å². The fourth-order valence-corrected chi connectivity index (χ4v) is 2.67. The normalized spacial score (nSPS) is 24.4. The molecule has 2 atom stereocenters. The molecule has 3 N–H and O–H groups in total. The Balaban J connectivity index is 2.33. The molecular weight excluding hydrogens is 272 g/mol. The van der Waals surface area contributed by atoms with Crippen LogP contribution in [0.1, 0.15) is 54.9 Å². The zero-order chi connectivity index (χ0) is 15.4. The molecule has 0 fully saturated rings. The van der Waals surface area contributed by atoms with Gasteiger partial charge in [0.25, 0.3) is 0 Å². The molecule has 1 aromatic carbocycles. The van der Waals surface area contributed by atoms with E-state index in [1.165, 1.54) is 6.07 Å². The summed E-state index contributed by atoms with van der Waals surface area (Å²) in [5.74, 6) is -1.01. The van der Waals surface area contributed by atoms with Gasteiger partial charge in [0.1, 0.15) is 23.2 Å². The van der Waals surface area contributed by atoms with E-state index in [0.717, 1.165) is 31.7 Å². The third kappa shape index (κ3) is 3.88. The van der Waals surface area contributed by atoms with Gasteiger partial charge in [-0.1, -0.05) is 19.3 Å². The van der Waals surface area contributed by atoms with Crippen molar-refractivity contribution in [3.8, 4) is 11.5 Å². The topological polar surface area (TPSA) is 87.0 Å². The van der Waals surface area contributed by atoms with Gasteiger partial charge in [-0.05, 0) is 37.8 Å². The van der Waals surface area contributed by atoms with Crippen molar-refractivity contribution < 1.29 is 24.9 Å². The Morgan fingerprint density at radius 2 is 1.86 bits per heavy atom. The predicted molar refractivity (Wildman–Crippen MR) is 77.4 cm³/mol. The SMILES string of the molecule is C[C@H]1OC(=O)c2c(O)cc(O)cc2CCCCCC[C@@H]1O. The van der Waals surface area contributed by atoms with Crippen molar-refractivity contribution in [1.29, 1.82) is 0 Å². The van der Waals surface area contributed by atoms with E-state index in [4.69, 9.17) is 4.74 Å². The lowest BCUT2D eigenvalue weighted by molar-refractivity contribution is -0.0144. The van der Waals surface area contributed by atoms with Crippen molar-refractivity contribution in [3.63, 3.8) is 0 Å². The number of esters is 1. The number of aryl methyl sites for hydroxylation is 1. The van der Waals surface area contributed by atoms with E-state index in [1.54, 1.807) is 6.92 Å². The Hall–Kier alpha value is -1.75. The van der Waals surface area contributed by atoms with E-state index in [1.807, 2.05) is 0 Å². The quantitative estimate of drug-likeness (QED) is 0.640. The number of phenols is 2. The maximum atomic E-state index is 12.2. The third-order valence-electron chi connectivity index (χ3n) is 3.92. The van der Waals surface area contributed by atoms with Gasteiger partial charge in [-0.15, -0.1) is 0 Å². The van der Waals surface area contributed by atoms with Gasteiger partial charge in [0.2, 0.25) is 0 Å². The molecule has 0 saturated carbocycles. The maximum absolute atomic E-state index is 12.2. The molecule has 0 aromatic heterocycles. The number of carbonyl (C=O) groups excluding carboxylic acids is 1. The van der Waals surface area contributed by atoms with Crippen molar-refractivity contribution in [2.75, 3.05) is 0 Å². The van der Waals surface area contributed by atoms with E-state index < -0.39 is 18.2 Å². The van der Waals surface area contributed by atoms with E-state index in [2.05, 4.69) is 0 Å². The molecule has 0 saturated heterocycles. The Labute approximate surface area is 124 Å². The Morgan fingerprint density at radius 1 is 1.14 bits per heavy atom. The molecule has 1 aliphatic rings. The predicted octanol–water partition coefficient (Wildman–Crippen LogP) is 2.51. The first kappa shape index (κ1) is 15.6. The molecule has 116 valence electrons. The Kier molecular flexibility index (Phi) is 5.07. The lowest BCUT2D eigenvalue weighted by Gasteiger charge is -2.21. The average Bonchev–Trinajstić information content (AvgIpc) is 2.40. The molecule has 0 bridgehead atoms. The van der Waals surface area contributed by atoms with Gasteiger partial charge in [0.15, 0.2) is 0 Å². The Bertz CT molecular complexity index is 512. The molecule has 2 rings (SSSR count). The molecular formula is C16H22O5. The van der Waals surface area contributed by atoms with Crippen molar-refractivity contribution in [2.24, 2.45) is 0 Å². The lowest BCUT2D eigenvalue weighted by Crippen LogP contribution is -2.29. The highest BCUT2D eigenvalue weighted by Gasteiger charge is 2.24. The minimum absolute atomic E-state index is 0.0702. The van der Waals surface area contributed by atoms with Crippen LogP contribution < -0.4 is 0 Å². The van der Waals surface area contributed by atoms with Crippen LogP contribution in [-0.4, -0.2) is 33.5 Å². The molecule has 0 spiro atoms. The summed E-state index contributed by atoms with van der Waals surface area (Å²) in [4.78, 5) is 12.2. The number of aromatic hydroxyl groups is 2. The lowest BCUT2D eigenvalue weighted by atomic mass is 9.97. The summed E-state index contributed by atoms with van der Waals surface area (Å²) >= 11 is 0. The van der Waals surface area contributed by atoms with Crippen LogP contribution in [0, 0.1) is 0 Å². The fourth-order valence-electron chi connectivity index (χ4n) is 2.67. The molecule has 1 aliphatic heterocycles. The molecule has 21 heavy (non-hydrogen) atoms. The monoisotopic (exact) mass is 294 g/mol. The van der Waals surface area contributed by atoms with Crippen LogP contribution in [0.4, 0.5) is 0 Å². The molecule has 5 heteroatoms. The van der Waals surface area contributed by atoms with Gasteiger partial charge in [-0.2, -0.15) is 0 Å². The average molecular weight is 294 g/mol. The second-order valence-electron chi connectivity index (χ2n) is 5.63. The number of ether oxygens (including phenoxy) is 1. The van der Waals surface area contributed by atoms with Crippen LogP contribution >= 0.6 is 0 Å². The summed E-state index contributed by atoms with van der Waals surface area (Å²) in [7, 11) is 0. The number of aliphatic hydroxyl groups is 1. The fraction of sp³-hybridized carbons (Fsp3) is 0.562. The minimum Gasteiger partial charge on any atom is -0.508 e. The summed E-state index contributed by atoms with van der Waals surface area (Å²) in [6.45, 7) is 1.64. The molecule has 0 aliphatic carbocycles. The largest absolute Gasteiger partial charge is 0.508 e. The first-order chi connectivity index (χ1) is 9.99. The highest BCUT2D eigenvalue weighted by Crippen LogP contribution is 2.30. The van der Waals surface area contributed by atoms with Gasteiger partial charge >= 0.3 is 5.97 Å². The number of fused-ring (bicyclic) bond motifs is 1. The van der Waals surface area contributed by atoms with Crippen LogP contribution in [0.3, 0.4) is 0 Å². The van der Waals surface area contributed by atoms with Gasteiger partial charge in [-0.3, -0.25) is 0 Å². The summed E-state index contributed by atoms with van der Waals surface area (Å²) < 4.78 is 5.25. The third-order valence-corrected chi connectivity index (χ3v) is 3.92. The first-order valence-electron chi connectivity index (χ1n) is 7.43. The van der Waals surface area contributed by atoms with Crippen LogP contribution in [0.25, 0.3) is 0 Å². The number of rotatable bonds is 0. The van der Waals surface area contributed by atoms with Crippen molar-refractivity contribution in [1.82, 2.24) is 0 Å². The van der Waals surface area contributed by atoms with Crippen LogP contribution in [0.5, 0.6) is 11.5 Å². The van der Waals surface area contributed by atoms with Crippen LogP contribution in [0.15, 0.2) is 12.1 Å². The maximum Gasteiger partial charge on any atom is 0.342 e. The van der Waals surface area contributed by atoms with E-state index in [9.17, 15) is 20.1 Å². The summed E-state index contributed by atoms with van der Waals surface area (Å²) in [5, 5.41) is 29.5. The highest BCUT2D eigenvalue weighted by molar-refractivity contribution is 5.94. The van der Waals surface area contributed by atoms with Gasteiger partial charge < -0.3 is 20.1 Å². The smallest absolute Gasteiger partial charge is 0.342 e. The number of phenolic OH excluding ortho intramolecular Hbond substituents is 2. The number of hydrogen-bond donors (Lipinski definition) is 3. The number of carbonyl (C=O) groups is 1. The second kappa shape index (κ2) is 6.80. The molecule has 0 amide bonds. The summed E-state index contributed by atoms with van der Waals surface area (Å²) in [6.07, 6.45) is 3.60. The molecule has 0 unspecified atom stereocenters. The number of hydrogen-bond acceptors (Lipinski definition) is 5. The number of aliphatic hydroxyl groups excluding tert-OH is 1. The zero-order valence-corrected chi connectivity index (χ0v) is 12.2. The number of benzene rings is 1. The molecule has 1 heterocycles. The molecule has 1 aromatic rings.